The van der Waals surface area contributed by atoms with Crippen LogP contribution in [0.1, 0.15) is 44.7 Å². The minimum atomic E-state index is 0.301. The standard InChI is InChI=1S/C12H17N3O/c1-2-3-4-5-6-9-16-12-14-8-7-11(10-13)15-12/h7-8H,2-6,9H2,1H3. The molecule has 1 heterocycles. The number of ether oxygens (including phenoxy) is 1. The van der Waals surface area contributed by atoms with Crippen LogP contribution in [0.3, 0.4) is 0 Å². The SMILES string of the molecule is CCCCCCCOc1nccc(C#N)n1. The molecule has 16 heavy (non-hydrogen) atoms. The Hall–Kier alpha value is -1.63. The second kappa shape index (κ2) is 7.63. The summed E-state index contributed by atoms with van der Waals surface area (Å²) >= 11 is 0. The number of hydrogen-bond donors (Lipinski definition) is 0. The summed E-state index contributed by atoms with van der Waals surface area (Å²) in [6, 6.07) is 3.82. The molecule has 0 aliphatic heterocycles. The lowest BCUT2D eigenvalue weighted by Crippen LogP contribution is -2.01. The molecule has 1 aromatic rings. The van der Waals surface area contributed by atoms with Crippen LogP contribution in [0.5, 0.6) is 6.01 Å². The monoisotopic (exact) mass is 219 g/mol. The highest BCUT2D eigenvalue weighted by Crippen LogP contribution is 2.05. The minimum Gasteiger partial charge on any atom is -0.463 e. The molecule has 0 aromatic carbocycles. The number of rotatable bonds is 7. The first-order chi connectivity index (χ1) is 7.86. The molecule has 0 unspecified atom stereocenters. The molecule has 0 aliphatic carbocycles. The van der Waals surface area contributed by atoms with E-state index in [1.165, 1.54) is 31.9 Å². The topological polar surface area (TPSA) is 58.8 Å². The van der Waals surface area contributed by atoms with E-state index in [1.807, 2.05) is 6.07 Å². The Labute approximate surface area is 96.3 Å². The molecule has 1 aromatic heterocycles. The molecule has 0 atom stereocenters. The van der Waals surface area contributed by atoms with Gasteiger partial charge in [0.05, 0.1) is 6.61 Å². The summed E-state index contributed by atoms with van der Waals surface area (Å²) < 4.78 is 5.36. The summed E-state index contributed by atoms with van der Waals surface area (Å²) in [4.78, 5) is 7.87. The van der Waals surface area contributed by atoms with Crippen LogP contribution in [-0.4, -0.2) is 16.6 Å². The van der Waals surface area contributed by atoms with Crippen molar-refractivity contribution in [2.45, 2.75) is 39.0 Å². The normalized spacial score (nSPS) is 9.75. The Morgan fingerprint density at radius 3 is 2.88 bits per heavy atom. The zero-order chi connectivity index (χ0) is 11.6. The molecular weight excluding hydrogens is 202 g/mol. The molecule has 0 saturated heterocycles. The Kier molecular flexibility index (Phi) is 5.94. The van der Waals surface area contributed by atoms with Crippen LogP contribution in [-0.2, 0) is 0 Å². The molecule has 86 valence electrons. The van der Waals surface area contributed by atoms with Crippen molar-refractivity contribution >= 4 is 0 Å². The van der Waals surface area contributed by atoms with Gasteiger partial charge >= 0.3 is 6.01 Å². The molecule has 0 N–H and O–H groups in total. The smallest absolute Gasteiger partial charge is 0.317 e. The molecule has 0 bridgehead atoms. The fourth-order valence-corrected chi connectivity index (χ4v) is 1.34. The molecule has 0 amide bonds. The van der Waals surface area contributed by atoms with Crippen LogP contribution in [0.4, 0.5) is 0 Å². The van der Waals surface area contributed by atoms with Gasteiger partial charge in [0.25, 0.3) is 0 Å². The molecule has 4 heteroatoms. The maximum Gasteiger partial charge on any atom is 0.317 e. The first-order valence-corrected chi connectivity index (χ1v) is 5.72. The van der Waals surface area contributed by atoms with Crippen LogP contribution in [0.15, 0.2) is 12.3 Å². The highest BCUT2D eigenvalue weighted by atomic mass is 16.5. The van der Waals surface area contributed by atoms with Crippen molar-refractivity contribution in [1.29, 1.82) is 5.26 Å². The maximum absolute atomic E-state index is 8.63. The number of hydrogen-bond acceptors (Lipinski definition) is 4. The summed E-state index contributed by atoms with van der Waals surface area (Å²) in [7, 11) is 0. The molecule has 0 saturated carbocycles. The second-order valence-corrected chi connectivity index (χ2v) is 3.60. The number of nitriles is 1. The fraction of sp³-hybridized carbons (Fsp3) is 0.583. The van der Waals surface area contributed by atoms with E-state index < -0.39 is 0 Å². The quantitative estimate of drug-likeness (QED) is 0.661. The fourth-order valence-electron chi connectivity index (χ4n) is 1.34. The molecule has 0 spiro atoms. The highest BCUT2D eigenvalue weighted by molar-refractivity contribution is 5.19. The van der Waals surface area contributed by atoms with Crippen molar-refractivity contribution in [1.82, 2.24) is 9.97 Å². The summed E-state index contributed by atoms with van der Waals surface area (Å²) in [5.41, 5.74) is 0.344. The van der Waals surface area contributed by atoms with E-state index in [2.05, 4.69) is 16.9 Å². The van der Waals surface area contributed by atoms with Gasteiger partial charge in [0.2, 0.25) is 0 Å². The van der Waals surface area contributed by atoms with Crippen LogP contribution in [0.25, 0.3) is 0 Å². The molecule has 0 aliphatic rings. The first-order valence-electron chi connectivity index (χ1n) is 5.72. The minimum absolute atomic E-state index is 0.301. The van der Waals surface area contributed by atoms with Crippen molar-refractivity contribution in [2.75, 3.05) is 6.61 Å². The largest absolute Gasteiger partial charge is 0.463 e. The van der Waals surface area contributed by atoms with Gasteiger partial charge in [-0.05, 0) is 12.5 Å². The van der Waals surface area contributed by atoms with Gasteiger partial charge in [-0.15, -0.1) is 0 Å². The third kappa shape index (κ3) is 4.74. The third-order valence-electron chi connectivity index (χ3n) is 2.23. The molecule has 4 nitrogen and oxygen atoms in total. The van der Waals surface area contributed by atoms with Crippen molar-refractivity contribution in [3.05, 3.63) is 18.0 Å². The van der Waals surface area contributed by atoms with Gasteiger partial charge in [0, 0.05) is 6.20 Å². The van der Waals surface area contributed by atoms with Crippen LogP contribution >= 0.6 is 0 Å². The molecule has 0 fully saturated rings. The lowest BCUT2D eigenvalue weighted by molar-refractivity contribution is 0.281. The third-order valence-corrected chi connectivity index (χ3v) is 2.23. The van der Waals surface area contributed by atoms with E-state index in [9.17, 15) is 0 Å². The van der Waals surface area contributed by atoms with Gasteiger partial charge in [-0.3, -0.25) is 0 Å². The highest BCUT2D eigenvalue weighted by Gasteiger charge is 1.98. The number of unbranched alkanes of at least 4 members (excludes halogenated alkanes) is 4. The predicted octanol–water partition coefficient (Wildman–Crippen LogP) is 2.70. The Morgan fingerprint density at radius 1 is 1.31 bits per heavy atom. The summed E-state index contributed by atoms with van der Waals surface area (Å²) in [6.07, 6.45) is 7.50. The van der Waals surface area contributed by atoms with E-state index >= 15 is 0 Å². The van der Waals surface area contributed by atoms with E-state index in [0.717, 1.165) is 6.42 Å². The molecule has 1 rings (SSSR count). The zero-order valence-corrected chi connectivity index (χ0v) is 9.65. The lowest BCUT2D eigenvalue weighted by atomic mass is 10.2. The van der Waals surface area contributed by atoms with Crippen LogP contribution in [0, 0.1) is 11.3 Å². The van der Waals surface area contributed by atoms with E-state index in [0.29, 0.717) is 18.3 Å². The zero-order valence-electron chi connectivity index (χ0n) is 9.65. The van der Waals surface area contributed by atoms with Gasteiger partial charge in [-0.2, -0.15) is 10.2 Å². The molecular formula is C12H17N3O. The Balaban J connectivity index is 2.19. The lowest BCUT2D eigenvalue weighted by Gasteiger charge is -2.03. The van der Waals surface area contributed by atoms with Gasteiger partial charge in [0.1, 0.15) is 11.8 Å². The van der Waals surface area contributed by atoms with E-state index in [-0.39, 0.29) is 0 Å². The first kappa shape index (κ1) is 12.4. The average Bonchev–Trinajstić information content (AvgIpc) is 2.34. The van der Waals surface area contributed by atoms with E-state index in [4.69, 9.17) is 10.00 Å². The second-order valence-electron chi connectivity index (χ2n) is 3.60. The average molecular weight is 219 g/mol. The van der Waals surface area contributed by atoms with Gasteiger partial charge < -0.3 is 4.74 Å². The van der Waals surface area contributed by atoms with E-state index in [1.54, 1.807) is 6.07 Å². The summed E-state index contributed by atoms with van der Waals surface area (Å²) in [5.74, 6) is 0. The van der Waals surface area contributed by atoms with Crippen LogP contribution in [0.2, 0.25) is 0 Å². The van der Waals surface area contributed by atoms with Crippen molar-refractivity contribution in [2.24, 2.45) is 0 Å². The summed E-state index contributed by atoms with van der Waals surface area (Å²) in [6.45, 7) is 2.82. The van der Waals surface area contributed by atoms with Crippen molar-refractivity contribution in [3.63, 3.8) is 0 Å². The van der Waals surface area contributed by atoms with Gasteiger partial charge in [-0.1, -0.05) is 32.6 Å². The van der Waals surface area contributed by atoms with Gasteiger partial charge in [0.15, 0.2) is 0 Å². The predicted molar refractivity (Wildman–Crippen MR) is 61.0 cm³/mol. The Morgan fingerprint density at radius 2 is 2.12 bits per heavy atom. The number of aromatic nitrogens is 2. The number of nitrogens with zero attached hydrogens (tertiary/aromatic N) is 3. The van der Waals surface area contributed by atoms with Crippen molar-refractivity contribution < 1.29 is 4.74 Å². The summed E-state index contributed by atoms with van der Waals surface area (Å²) in [5, 5.41) is 8.63. The molecule has 0 radical (unpaired) electrons. The Bertz CT molecular complexity index is 346. The maximum atomic E-state index is 8.63. The van der Waals surface area contributed by atoms with Crippen LogP contribution < -0.4 is 4.74 Å². The van der Waals surface area contributed by atoms with Gasteiger partial charge in [-0.25, -0.2) is 4.98 Å². The van der Waals surface area contributed by atoms with Crippen molar-refractivity contribution in [3.8, 4) is 12.1 Å².